The largest absolute Gasteiger partial charge is 0.491 e. The fourth-order valence-corrected chi connectivity index (χ4v) is 10.2. The Morgan fingerprint density at radius 3 is 2.55 bits per heavy atom. The third-order valence-corrected chi connectivity index (χ3v) is 14.3. The fraction of sp³-hybridized carbons (Fsp3) is 0.558. The molecule has 3 aromatic rings. The van der Waals surface area contributed by atoms with Gasteiger partial charge in [0.25, 0.3) is 5.91 Å². The summed E-state index contributed by atoms with van der Waals surface area (Å²) in [6, 6.07) is 13.8. The highest BCUT2D eigenvalue weighted by atomic mass is 35.5. The average molecular weight is 789 g/mol. The fourth-order valence-electron chi connectivity index (χ4n) is 8.94. The number of hydrogen-bond donors (Lipinski definition) is 1. The van der Waals surface area contributed by atoms with Crippen LogP contribution in [0.1, 0.15) is 79.7 Å². The number of ether oxygens (including phenoxy) is 2. The zero-order valence-corrected chi connectivity index (χ0v) is 34.4. The number of rotatable bonds is 8. The molecule has 55 heavy (non-hydrogen) atoms. The van der Waals surface area contributed by atoms with E-state index in [-0.39, 0.29) is 23.0 Å². The van der Waals surface area contributed by atoms with Crippen LogP contribution in [0.3, 0.4) is 0 Å². The van der Waals surface area contributed by atoms with Gasteiger partial charge in [0.1, 0.15) is 28.2 Å². The van der Waals surface area contributed by atoms with E-state index >= 15 is 0 Å². The quantitative estimate of drug-likeness (QED) is 0.251. The Morgan fingerprint density at radius 2 is 1.82 bits per heavy atom. The molecule has 10 nitrogen and oxygen atoms in total. The van der Waals surface area contributed by atoms with Gasteiger partial charge in [-0.2, -0.15) is 0 Å². The molecule has 4 heterocycles. The van der Waals surface area contributed by atoms with Gasteiger partial charge in [0.05, 0.1) is 24.1 Å². The Hall–Kier alpha value is -3.35. The first-order valence-electron chi connectivity index (χ1n) is 20.1. The summed E-state index contributed by atoms with van der Waals surface area (Å²) in [6.45, 7) is 13.7. The van der Waals surface area contributed by atoms with Crippen LogP contribution in [-0.2, 0) is 28.7 Å². The molecule has 2 aromatic carbocycles. The second kappa shape index (κ2) is 17.8. The lowest BCUT2D eigenvalue weighted by atomic mass is 9.63. The van der Waals surface area contributed by atoms with Crippen LogP contribution in [0.5, 0.6) is 5.75 Å². The summed E-state index contributed by atoms with van der Waals surface area (Å²) in [6.07, 6.45) is 13.1. The van der Waals surface area contributed by atoms with Crippen molar-refractivity contribution in [2.45, 2.75) is 76.2 Å². The number of amides is 1. The van der Waals surface area contributed by atoms with Gasteiger partial charge in [-0.1, -0.05) is 50.1 Å². The molecule has 7 rings (SSSR count). The second-order valence-corrected chi connectivity index (χ2v) is 18.0. The van der Waals surface area contributed by atoms with Gasteiger partial charge in [0, 0.05) is 81.8 Å². The molecule has 1 aliphatic carbocycles. The van der Waals surface area contributed by atoms with E-state index in [1.807, 2.05) is 50.7 Å². The smallest absolute Gasteiger partial charge is 0.263 e. The minimum atomic E-state index is -1.56. The van der Waals surface area contributed by atoms with Gasteiger partial charge in [-0.3, -0.25) is 19.3 Å². The van der Waals surface area contributed by atoms with Gasteiger partial charge < -0.3 is 14.4 Å². The van der Waals surface area contributed by atoms with Crippen molar-refractivity contribution in [3.05, 3.63) is 94.5 Å². The summed E-state index contributed by atoms with van der Waals surface area (Å²) in [5.41, 5.74) is 3.43. The van der Waals surface area contributed by atoms with E-state index in [4.69, 9.17) is 21.1 Å². The molecule has 7 atom stereocenters. The van der Waals surface area contributed by atoms with Gasteiger partial charge in [-0.25, -0.2) is 14.2 Å². The SMILES string of the molecule is CCCc1cc(Cl)ccc1C1COc2ccc3cc2N(C1)CC1CCC1C(CN1CCN(Cc2ncccn2)CC1)(OC)/C=C/CC(C)C(C)S(=O)NC3=O. The predicted octanol–water partition coefficient (Wildman–Crippen LogP) is 6.67. The third-order valence-electron chi connectivity index (χ3n) is 12.5. The Morgan fingerprint density at radius 1 is 1.04 bits per heavy atom. The van der Waals surface area contributed by atoms with E-state index in [1.54, 1.807) is 6.07 Å². The first kappa shape index (κ1) is 39.9. The predicted molar refractivity (Wildman–Crippen MR) is 220 cm³/mol. The van der Waals surface area contributed by atoms with Crippen LogP contribution in [0.25, 0.3) is 0 Å². The zero-order chi connectivity index (χ0) is 38.5. The Labute approximate surface area is 334 Å². The van der Waals surface area contributed by atoms with Gasteiger partial charge in [-0.05, 0) is 97.9 Å². The maximum atomic E-state index is 13.6. The lowest BCUT2D eigenvalue weighted by molar-refractivity contribution is -0.0956. The first-order valence-corrected chi connectivity index (χ1v) is 21.7. The minimum Gasteiger partial charge on any atom is -0.491 e. The number of anilines is 1. The number of nitrogens with one attached hydrogen (secondary N) is 1. The van der Waals surface area contributed by atoms with Crippen molar-refractivity contribution < 1.29 is 18.5 Å². The van der Waals surface area contributed by atoms with Crippen molar-refractivity contribution in [1.29, 1.82) is 0 Å². The molecule has 0 spiro atoms. The summed E-state index contributed by atoms with van der Waals surface area (Å²) in [5.74, 6) is 2.14. The molecule has 0 radical (unpaired) electrons. The van der Waals surface area contributed by atoms with Crippen molar-refractivity contribution in [3.63, 3.8) is 0 Å². The summed E-state index contributed by atoms with van der Waals surface area (Å²) >= 11 is 6.51. The van der Waals surface area contributed by atoms with Crippen LogP contribution in [0.2, 0.25) is 5.02 Å². The number of aryl methyl sites for hydroxylation is 1. The third kappa shape index (κ3) is 9.12. The zero-order valence-electron chi connectivity index (χ0n) is 32.8. The van der Waals surface area contributed by atoms with Gasteiger partial charge in [0.15, 0.2) is 0 Å². The van der Waals surface area contributed by atoms with Crippen molar-refractivity contribution in [1.82, 2.24) is 24.5 Å². The summed E-state index contributed by atoms with van der Waals surface area (Å²) in [5, 5.41) is 0.509. The Kier molecular flexibility index (Phi) is 12.9. The first-order chi connectivity index (χ1) is 26.7. The van der Waals surface area contributed by atoms with Crippen LogP contribution in [0, 0.1) is 17.8 Å². The molecular weight excluding hydrogens is 732 g/mol. The van der Waals surface area contributed by atoms with E-state index in [0.717, 1.165) is 107 Å². The van der Waals surface area contributed by atoms with Crippen LogP contribution >= 0.6 is 11.6 Å². The number of carbonyl (C=O) groups excluding carboxylic acids is 1. The Balaban J connectivity index is 1.20. The topological polar surface area (TPSA) is 100 Å². The average Bonchev–Trinajstić information content (AvgIpc) is 3.36. The molecule has 1 saturated carbocycles. The molecule has 7 unspecified atom stereocenters. The number of halogens is 1. The van der Waals surface area contributed by atoms with Crippen LogP contribution in [-0.4, -0.2) is 100 Å². The number of fused-ring (bicyclic) bond motifs is 2. The molecule has 1 aromatic heterocycles. The normalized spacial score (nSPS) is 30.0. The Bertz CT molecular complexity index is 1840. The number of aromatic nitrogens is 2. The van der Waals surface area contributed by atoms with Crippen LogP contribution < -0.4 is 14.4 Å². The molecule has 1 N–H and O–H groups in total. The highest BCUT2D eigenvalue weighted by Gasteiger charge is 2.48. The van der Waals surface area contributed by atoms with Gasteiger partial charge in [-0.15, -0.1) is 0 Å². The minimum absolute atomic E-state index is 0.0825. The van der Waals surface area contributed by atoms with Crippen molar-refractivity contribution in [3.8, 4) is 5.75 Å². The van der Waals surface area contributed by atoms with Gasteiger partial charge in [0.2, 0.25) is 0 Å². The number of benzene rings is 2. The van der Waals surface area contributed by atoms with E-state index < -0.39 is 16.6 Å². The number of methoxy groups -OCH3 is 1. The highest BCUT2D eigenvalue weighted by molar-refractivity contribution is 7.84. The number of allylic oxidation sites excluding steroid dienone is 1. The molecule has 1 amide bonds. The second-order valence-electron chi connectivity index (χ2n) is 16.1. The van der Waals surface area contributed by atoms with Crippen molar-refractivity contribution in [2.75, 3.05) is 64.4 Å². The summed E-state index contributed by atoms with van der Waals surface area (Å²) in [4.78, 5) is 30.0. The molecule has 2 bridgehead atoms. The van der Waals surface area contributed by atoms with Crippen LogP contribution in [0.4, 0.5) is 5.69 Å². The van der Waals surface area contributed by atoms with E-state index in [9.17, 15) is 9.00 Å². The lowest BCUT2D eigenvalue weighted by Gasteiger charge is -2.52. The standard InChI is InChI=1S/C43H57ClN6O4S/c1-5-8-32-23-36(44)12-13-37(32)35-26-50-25-34-10-14-38(34)43(53-4,29-49-21-19-48(20-22-49)27-41-45-17-7-18-46-41)16-6-9-30(2)31(3)55(52)47-42(51)33-11-15-40(54-28-35)39(50)24-33/h6-7,11-13,15-18,23-24,30-31,34-35,38H,5,8-10,14,19-22,25-29H2,1-4H3,(H,47,51)/b16-6+. The molecule has 12 heteroatoms. The molecule has 1 saturated heterocycles. The van der Waals surface area contributed by atoms with Crippen molar-refractivity contribution in [2.24, 2.45) is 17.8 Å². The molecule has 2 fully saturated rings. The van der Waals surface area contributed by atoms with E-state index in [1.165, 1.54) is 11.1 Å². The monoisotopic (exact) mass is 788 g/mol. The van der Waals surface area contributed by atoms with Crippen LogP contribution in [0.15, 0.2) is 67.0 Å². The lowest BCUT2D eigenvalue weighted by Crippen LogP contribution is -2.58. The molecule has 3 aliphatic heterocycles. The summed E-state index contributed by atoms with van der Waals surface area (Å²) in [7, 11) is 0.321. The van der Waals surface area contributed by atoms with E-state index in [0.29, 0.717) is 24.0 Å². The number of carbonyl (C=O) groups is 1. The summed E-state index contributed by atoms with van der Waals surface area (Å²) < 4.78 is 29.7. The number of nitrogens with zero attached hydrogens (tertiary/aromatic N) is 5. The maximum Gasteiger partial charge on any atom is 0.263 e. The molecule has 4 aliphatic rings. The van der Waals surface area contributed by atoms with E-state index in [2.05, 4.69) is 67.5 Å². The molecular formula is C43H57ClN6O4S. The maximum absolute atomic E-state index is 13.6. The van der Waals surface area contributed by atoms with Gasteiger partial charge >= 0.3 is 0 Å². The molecule has 296 valence electrons. The number of piperazine rings is 1. The number of hydrogen-bond acceptors (Lipinski definition) is 9. The highest BCUT2D eigenvalue weighted by Crippen LogP contribution is 2.47. The van der Waals surface area contributed by atoms with Crippen molar-refractivity contribution >= 4 is 34.2 Å².